The molecule has 6 heteroatoms. The topological polar surface area (TPSA) is 69.6 Å². The van der Waals surface area contributed by atoms with E-state index in [9.17, 15) is 14.7 Å². The standard InChI is InChI=1S/C19H19ClN2O3/c20-15-7-4-8-16(11-15)21-19(25)22-12-14(18(23)24)9-10-17(22)13-5-2-1-3-6-13/h1-8,11,14,17H,9-10,12H2,(H,21,25)(H,23,24). The molecule has 3 rings (SSSR count). The average Bonchev–Trinajstić information content (AvgIpc) is 2.62. The fraction of sp³-hybridized carbons (Fsp3) is 0.263. The van der Waals surface area contributed by atoms with Crippen LogP contribution in [-0.4, -0.2) is 28.6 Å². The van der Waals surface area contributed by atoms with E-state index in [0.717, 1.165) is 5.56 Å². The van der Waals surface area contributed by atoms with Gasteiger partial charge in [0.15, 0.2) is 0 Å². The Morgan fingerprint density at radius 1 is 1.08 bits per heavy atom. The summed E-state index contributed by atoms with van der Waals surface area (Å²) < 4.78 is 0. The molecule has 1 heterocycles. The smallest absolute Gasteiger partial charge is 0.322 e. The fourth-order valence-electron chi connectivity index (χ4n) is 3.18. The second kappa shape index (κ2) is 7.57. The van der Waals surface area contributed by atoms with Gasteiger partial charge in [0.1, 0.15) is 0 Å². The lowest BCUT2D eigenvalue weighted by Crippen LogP contribution is -2.46. The molecule has 0 bridgehead atoms. The van der Waals surface area contributed by atoms with Crippen LogP contribution in [0, 0.1) is 5.92 Å². The van der Waals surface area contributed by atoms with E-state index in [2.05, 4.69) is 5.32 Å². The lowest BCUT2D eigenvalue weighted by molar-refractivity contribution is -0.143. The van der Waals surface area contributed by atoms with Crippen molar-refractivity contribution in [2.75, 3.05) is 11.9 Å². The lowest BCUT2D eigenvalue weighted by atomic mass is 9.89. The molecule has 0 radical (unpaired) electrons. The minimum absolute atomic E-state index is 0.143. The molecule has 0 aliphatic carbocycles. The molecule has 1 aliphatic rings. The Labute approximate surface area is 151 Å². The second-order valence-corrected chi connectivity index (χ2v) is 6.57. The number of urea groups is 1. The first-order valence-electron chi connectivity index (χ1n) is 8.15. The highest BCUT2D eigenvalue weighted by Crippen LogP contribution is 2.34. The maximum Gasteiger partial charge on any atom is 0.322 e. The van der Waals surface area contributed by atoms with E-state index in [1.807, 2.05) is 30.3 Å². The number of hydrogen-bond donors (Lipinski definition) is 2. The zero-order chi connectivity index (χ0) is 17.8. The summed E-state index contributed by atoms with van der Waals surface area (Å²) >= 11 is 5.96. The number of carbonyl (C=O) groups is 2. The van der Waals surface area contributed by atoms with E-state index in [4.69, 9.17) is 11.6 Å². The molecule has 1 saturated heterocycles. The van der Waals surface area contributed by atoms with Gasteiger partial charge in [0.25, 0.3) is 0 Å². The molecule has 0 aromatic heterocycles. The number of aliphatic carboxylic acids is 1. The van der Waals surface area contributed by atoms with Gasteiger partial charge >= 0.3 is 12.0 Å². The van der Waals surface area contributed by atoms with E-state index in [0.29, 0.717) is 23.6 Å². The van der Waals surface area contributed by atoms with Crippen molar-refractivity contribution in [3.63, 3.8) is 0 Å². The first-order chi connectivity index (χ1) is 12.0. The third-order valence-electron chi connectivity index (χ3n) is 4.45. The van der Waals surface area contributed by atoms with Crippen LogP contribution < -0.4 is 5.32 Å². The molecule has 1 fully saturated rings. The molecule has 0 saturated carbocycles. The van der Waals surface area contributed by atoms with Crippen molar-refractivity contribution >= 4 is 29.3 Å². The number of piperidine rings is 1. The van der Waals surface area contributed by atoms with E-state index >= 15 is 0 Å². The van der Waals surface area contributed by atoms with Crippen LogP contribution in [0.15, 0.2) is 54.6 Å². The number of nitrogens with one attached hydrogen (secondary N) is 1. The van der Waals surface area contributed by atoms with Crippen LogP contribution in [0.2, 0.25) is 5.02 Å². The van der Waals surface area contributed by atoms with Crippen LogP contribution in [-0.2, 0) is 4.79 Å². The predicted molar refractivity (Wildman–Crippen MR) is 96.7 cm³/mol. The van der Waals surface area contributed by atoms with Crippen LogP contribution in [0.3, 0.4) is 0 Å². The minimum atomic E-state index is -0.868. The number of halogens is 1. The molecule has 130 valence electrons. The number of likely N-dealkylation sites (tertiary alicyclic amines) is 1. The Kier molecular flexibility index (Phi) is 5.24. The maximum absolute atomic E-state index is 12.8. The summed E-state index contributed by atoms with van der Waals surface area (Å²) in [6, 6.07) is 16.1. The zero-order valence-corrected chi connectivity index (χ0v) is 14.3. The van der Waals surface area contributed by atoms with Crippen LogP contribution in [0.5, 0.6) is 0 Å². The van der Waals surface area contributed by atoms with Gasteiger partial charge in [-0.2, -0.15) is 0 Å². The normalized spacial score (nSPS) is 20.1. The van der Waals surface area contributed by atoms with Crippen LogP contribution in [0.4, 0.5) is 10.5 Å². The van der Waals surface area contributed by atoms with Gasteiger partial charge in [-0.05, 0) is 36.6 Å². The number of carbonyl (C=O) groups excluding carboxylic acids is 1. The third-order valence-corrected chi connectivity index (χ3v) is 4.69. The molecular weight excluding hydrogens is 340 g/mol. The van der Waals surface area contributed by atoms with Gasteiger partial charge in [-0.15, -0.1) is 0 Å². The van der Waals surface area contributed by atoms with E-state index < -0.39 is 11.9 Å². The third kappa shape index (κ3) is 4.12. The Morgan fingerprint density at radius 3 is 2.52 bits per heavy atom. The molecule has 25 heavy (non-hydrogen) atoms. The number of carboxylic acid groups (broad SMARTS) is 1. The summed E-state index contributed by atoms with van der Waals surface area (Å²) in [4.78, 5) is 25.8. The second-order valence-electron chi connectivity index (χ2n) is 6.13. The van der Waals surface area contributed by atoms with Crippen molar-refractivity contribution in [3.05, 3.63) is 65.2 Å². The number of anilines is 1. The summed E-state index contributed by atoms with van der Waals surface area (Å²) in [5.74, 6) is -1.42. The highest BCUT2D eigenvalue weighted by atomic mass is 35.5. The number of rotatable bonds is 3. The quantitative estimate of drug-likeness (QED) is 0.853. The molecule has 1 aliphatic heterocycles. The van der Waals surface area contributed by atoms with Crippen LogP contribution in [0.1, 0.15) is 24.4 Å². The predicted octanol–water partition coefficient (Wildman–Crippen LogP) is 4.41. The minimum Gasteiger partial charge on any atom is -0.481 e. The van der Waals surface area contributed by atoms with E-state index in [-0.39, 0.29) is 18.6 Å². The first kappa shape index (κ1) is 17.3. The molecular formula is C19H19ClN2O3. The zero-order valence-electron chi connectivity index (χ0n) is 13.6. The van der Waals surface area contributed by atoms with Crippen molar-refractivity contribution < 1.29 is 14.7 Å². The van der Waals surface area contributed by atoms with Crippen molar-refractivity contribution in [2.45, 2.75) is 18.9 Å². The molecule has 2 aromatic rings. The first-order valence-corrected chi connectivity index (χ1v) is 8.53. The summed E-state index contributed by atoms with van der Waals surface area (Å²) in [6.45, 7) is 0.182. The van der Waals surface area contributed by atoms with Gasteiger partial charge in [0.2, 0.25) is 0 Å². The SMILES string of the molecule is O=C(O)C1CCC(c2ccccc2)N(C(=O)Nc2cccc(Cl)c2)C1. The monoisotopic (exact) mass is 358 g/mol. The van der Waals surface area contributed by atoms with Crippen molar-refractivity contribution in [1.29, 1.82) is 0 Å². The number of amides is 2. The van der Waals surface area contributed by atoms with Crippen LogP contribution >= 0.6 is 11.6 Å². The number of nitrogens with zero attached hydrogens (tertiary/aromatic N) is 1. The number of carboxylic acids is 1. The summed E-state index contributed by atoms with van der Waals surface area (Å²) in [7, 11) is 0. The molecule has 2 unspecified atom stereocenters. The largest absolute Gasteiger partial charge is 0.481 e. The van der Waals surface area contributed by atoms with Crippen molar-refractivity contribution in [1.82, 2.24) is 4.90 Å². The highest BCUT2D eigenvalue weighted by molar-refractivity contribution is 6.30. The Balaban J connectivity index is 1.83. The highest BCUT2D eigenvalue weighted by Gasteiger charge is 2.35. The van der Waals surface area contributed by atoms with Gasteiger partial charge in [0, 0.05) is 17.3 Å². The summed E-state index contributed by atoms with van der Waals surface area (Å²) in [5, 5.41) is 12.7. The van der Waals surface area contributed by atoms with Crippen LogP contribution in [0.25, 0.3) is 0 Å². The molecule has 0 spiro atoms. The Morgan fingerprint density at radius 2 is 1.84 bits per heavy atom. The number of hydrogen-bond acceptors (Lipinski definition) is 2. The van der Waals surface area contributed by atoms with E-state index in [1.165, 1.54) is 0 Å². The lowest BCUT2D eigenvalue weighted by Gasteiger charge is -2.38. The van der Waals surface area contributed by atoms with Gasteiger partial charge in [-0.3, -0.25) is 4.79 Å². The van der Waals surface area contributed by atoms with Gasteiger partial charge in [-0.25, -0.2) is 4.79 Å². The fourth-order valence-corrected chi connectivity index (χ4v) is 3.37. The van der Waals surface area contributed by atoms with Gasteiger partial charge in [-0.1, -0.05) is 48.0 Å². The average molecular weight is 359 g/mol. The molecule has 2 amide bonds. The molecule has 2 N–H and O–H groups in total. The Bertz CT molecular complexity index is 766. The molecule has 2 atom stereocenters. The number of benzene rings is 2. The summed E-state index contributed by atoms with van der Waals surface area (Å²) in [6.07, 6.45) is 1.17. The summed E-state index contributed by atoms with van der Waals surface area (Å²) in [5.41, 5.74) is 1.59. The maximum atomic E-state index is 12.8. The van der Waals surface area contributed by atoms with Crippen molar-refractivity contribution in [3.8, 4) is 0 Å². The van der Waals surface area contributed by atoms with E-state index in [1.54, 1.807) is 29.2 Å². The van der Waals surface area contributed by atoms with Crippen molar-refractivity contribution in [2.24, 2.45) is 5.92 Å². The molecule has 5 nitrogen and oxygen atoms in total. The van der Waals surface area contributed by atoms with Gasteiger partial charge in [0.05, 0.1) is 12.0 Å². The van der Waals surface area contributed by atoms with Gasteiger partial charge < -0.3 is 15.3 Å². The molecule has 2 aromatic carbocycles. The Hall–Kier alpha value is -2.53.